The van der Waals surface area contributed by atoms with Crippen LogP contribution in [0.4, 0.5) is 0 Å². The Morgan fingerprint density at radius 2 is 1.71 bits per heavy atom. The van der Waals surface area contributed by atoms with Crippen molar-refractivity contribution >= 4 is 23.2 Å². The normalized spacial score (nSPS) is 11.9. The Bertz CT molecular complexity index is 1140. The molecule has 0 saturated heterocycles. The highest BCUT2D eigenvalue weighted by Crippen LogP contribution is 2.33. The fraction of sp³-hybridized carbons (Fsp3) is 0.357. The van der Waals surface area contributed by atoms with Crippen molar-refractivity contribution in [3.63, 3.8) is 0 Å². The van der Waals surface area contributed by atoms with Gasteiger partial charge in [-0.15, -0.1) is 11.3 Å². The van der Waals surface area contributed by atoms with E-state index in [0.717, 1.165) is 34.6 Å². The van der Waals surface area contributed by atoms with E-state index in [9.17, 15) is 9.59 Å². The van der Waals surface area contributed by atoms with E-state index in [-0.39, 0.29) is 25.2 Å². The van der Waals surface area contributed by atoms with Gasteiger partial charge < -0.3 is 19.3 Å². The van der Waals surface area contributed by atoms with Crippen molar-refractivity contribution in [3.05, 3.63) is 81.5 Å². The van der Waals surface area contributed by atoms with Gasteiger partial charge in [-0.2, -0.15) is 0 Å². The molecule has 0 bridgehead atoms. The van der Waals surface area contributed by atoms with Gasteiger partial charge in [0.1, 0.15) is 0 Å². The van der Waals surface area contributed by atoms with E-state index in [1.54, 1.807) is 16.2 Å². The lowest BCUT2D eigenvalue weighted by molar-refractivity contribution is -0.141. The Morgan fingerprint density at radius 3 is 2.46 bits per heavy atom. The van der Waals surface area contributed by atoms with Crippen LogP contribution in [0.5, 0.6) is 11.5 Å². The summed E-state index contributed by atoms with van der Waals surface area (Å²) in [6.07, 6.45) is 2.11. The van der Waals surface area contributed by atoms with Crippen LogP contribution in [0.25, 0.3) is 0 Å². The molecular formula is C28H32N2O4S. The van der Waals surface area contributed by atoms with E-state index in [4.69, 9.17) is 9.47 Å². The fourth-order valence-corrected chi connectivity index (χ4v) is 4.94. The van der Waals surface area contributed by atoms with Crippen LogP contribution in [0.3, 0.4) is 0 Å². The molecule has 6 nitrogen and oxygen atoms in total. The summed E-state index contributed by atoms with van der Waals surface area (Å²) in [6.45, 7) is 5.95. The minimum Gasteiger partial charge on any atom is -0.454 e. The number of nitrogens with zero attached hydrogens (tertiary/aromatic N) is 2. The van der Waals surface area contributed by atoms with Crippen molar-refractivity contribution in [2.45, 2.75) is 46.2 Å². The standard InChI is InChI=1S/C28H32N2O4S/c1-3-4-13-29(27(31)16-22-8-6-5-7-9-22)19-28(32)30(18-26-21(2)12-14-35-26)17-23-10-11-24-25(15-23)34-20-33-24/h5-12,14-15H,3-4,13,16-20H2,1-2H3. The molecule has 2 heterocycles. The van der Waals surface area contributed by atoms with Crippen molar-refractivity contribution in [1.82, 2.24) is 9.80 Å². The third-order valence-electron chi connectivity index (χ3n) is 6.12. The Hall–Kier alpha value is -3.32. The predicted molar refractivity (Wildman–Crippen MR) is 138 cm³/mol. The molecule has 4 rings (SSSR count). The summed E-state index contributed by atoms with van der Waals surface area (Å²) in [5, 5.41) is 2.05. The SMILES string of the molecule is CCCCN(CC(=O)N(Cc1ccc2c(c1)OCO2)Cc1sccc1C)C(=O)Cc1ccccc1. The maximum Gasteiger partial charge on any atom is 0.242 e. The second kappa shape index (κ2) is 11.9. The highest BCUT2D eigenvalue weighted by Gasteiger charge is 2.23. The minimum atomic E-state index is -0.0621. The molecule has 2 amide bonds. The number of benzene rings is 2. The van der Waals surface area contributed by atoms with Crippen molar-refractivity contribution in [3.8, 4) is 11.5 Å². The number of thiophene rings is 1. The van der Waals surface area contributed by atoms with Crippen LogP contribution in [0.15, 0.2) is 60.0 Å². The molecule has 0 atom stereocenters. The highest BCUT2D eigenvalue weighted by atomic mass is 32.1. The van der Waals surface area contributed by atoms with Crippen LogP contribution in [-0.4, -0.2) is 41.5 Å². The molecule has 0 spiro atoms. The van der Waals surface area contributed by atoms with E-state index >= 15 is 0 Å². The number of carbonyl (C=O) groups is 2. The second-order valence-corrected chi connectivity index (χ2v) is 9.80. The third kappa shape index (κ3) is 6.63. The van der Waals surface area contributed by atoms with Gasteiger partial charge in [-0.3, -0.25) is 9.59 Å². The Labute approximate surface area is 211 Å². The van der Waals surface area contributed by atoms with Gasteiger partial charge in [0.05, 0.1) is 19.5 Å². The molecule has 0 saturated carbocycles. The van der Waals surface area contributed by atoms with Crippen LogP contribution in [0, 0.1) is 6.92 Å². The number of amides is 2. The van der Waals surface area contributed by atoms with Crippen LogP contribution >= 0.6 is 11.3 Å². The quantitative estimate of drug-likeness (QED) is 0.370. The largest absolute Gasteiger partial charge is 0.454 e. The van der Waals surface area contributed by atoms with Crippen molar-refractivity contribution in [1.29, 1.82) is 0 Å². The summed E-state index contributed by atoms with van der Waals surface area (Å²) in [5.74, 6) is 1.34. The summed E-state index contributed by atoms with van der Waals surface area (Å²) in [4.78, 5) is 31.5. The molecule has 0 N–H and O–H groups in total. The van der Waals surface area contributed by atoms with Gasteiger partial charge in [0.25, 0.3) is 0 Å². The fourth-order valence-electron chi connectivity index (χ4n) is 4.02. The first-order valence-corrected chi connectivity index (χ1v) is 12.9. The monoisotopic (exact) mass is 492 g/mol. The van der Waals surface area contributed by atoms with Gasteiger partial charge in [0, 0.05) is 18.0 Å². The molecule has 3 aromatic rings. The molecule has 184 valence electrons. The minimum absolute atomic E-state index is 0.0201. The first-order valence-electron chi connectivity index (χ1n) is 12.0. The average molecular weight is 493 g/mol. The van der Waals surface area contributed by atoms with Crippen molar-refractivity contribution in [2.75, 3.05) is 19.9 Å². The number of rotatable bonds is 11. The molecule has 0 unspecified atom stereocenters. The number of carbonyl (C=O) groups excluding carboxylic acids is 2. The number of aryl methyl sites for hydroxylation is 1. The Morgan fingerprint density at radius 1 is 0.914 bits per heavy atom. The van der Waals surface area contributed by atoms with Gasteiger partial charge >= 0.3 is 0 Å². The van der Waals surface area contributed by atoms with Gasteiger partial charge in [-0.05, 0) is 53.6 Å². The number of hydrogen-bond donors (Lipinski definition) is 0. The molecule has 0 fully saturated rings. The zero-order valence-corrected chi connectivity index (χ0v) is 21.2. The van der Waals surface area contributed by atoms with E-state index in [1.807, 2.05) is 58.8 Å². The second-order valence-electron chi connectivity index (χ2n) is 8.80. The number of unbranched alkanes of at least 4 members (excludes halogenated alkanes) is 1. The van der Waals surface area contributed by atoms with E-state index in [1.165, 1.54) is 5.56 Å². The van der Waals surface area contributed by atoms with Gasteiger partial charge in [-0.25, -0.2) is 0 Å². The molecule has 0 aliphatic carbocycles. The first-order chi connectivity index (χ1) is 17.0. The van der Waals surface area contributed by atoms with E-state index in [2.05, 4.69) is 19.9 Å². The molecule has 7 heteroatoms. The smallest absolute Gasteiger partial charge is 0.242 e. The Balaban J connectivity index is 1.51. The molecule has 1 aliphatic rings. The average Bonchev–Trinajstić information content (AvgIpc) is 3.50. The summed E-state index contributed by atoms with van der Waals surface area (Å²) in [5.41, 5.74) is 3.09. The van der Waals surface area contributed by atoms with Crippen molar-refractivity contribution < 1.29 is 19.1 Å². The summed E-state index contributed by atoms with van der Waals surface area (Å²) in [7, 11) is 0. The highest BCUT2D eigenvalue weighted by molar-refractivity contribution is 7.10. The van der Waals surface area contributed by atoms with Gasteiger partial charge in [0.2, 0.25) is 18.6 Å². The lowest BCUT2D eigenvalue weighted by Gasteiger charge is -2.28. The van der Waals surface area contributed by atoms with Crippen LogP contribution in [-0.2, 0) is 29.1 Å². The maximum atomic E-state index is 13.6. The van der Waals surface area contributed by atoms with Crippen LogP contribution in [0.2, 0.25) is 0 Å². The van der Waals surface area contributed by atoms with Gasteiger partial charge in [0.15, 0.2) is 11.5 Å². The number of ether oxygens (including phenoxy) is 2. The van der Waals surface area contributed by atoms with Crippen LogP contribution < -0.4 is 9.47 Å². The van der Waals surface area contributed by atoms with Crippen molar-refractivity contribution in [2.24, 2.45) is 0 Å². The summed E-state index contributed by atoms with van der Waals surface area (Å²) >= 11 is 1.65. The predicted octanol–water partition coefficient (Wildman–Crippen LogP) is 5.19. The van der Waals surface area contributed by atoms with Gasteiger partial charge in [-0.1, -0.05) is 49.7 Å². The lowest BCUT2D eigenvalue weighted by Crippen LogP contribution is -2.43. The lowest BCUT2D eigenvalue weighted by atomic mass is 10.1. The summed E-state index contributed by atoms with van der Waals surface area (Å²) in [6, 6.07) is 17.5. The topological polar surface area (TPSA) is 59.1 Å². The summed E-state index contributed by atoms with van der Waals surface area (Å²) < 4.78 is 11.0. The molecule has 0 radical (unpaired) electrons. The molecule has 2 aromatic carbocycles. The van der Waals surface area contributed by atoms with Crippen LogP contribution in [0.1, 0.15) is 41.3 Å². The Kier molecular flexibility index (Phi) is 8.42. The molecular weight excluding hydrogens is 460 g/mol. The third-order valence-corrected chi connectivity index (χ3v) is 7.13. The zero-order chi connectivity index (χ0) is 24.6. The molecule has 1 aromatic heterocycles. The van der Waals surface area contributed by atoms with E-state index in [0.29, 0.717) is 31.8 Å². The number of hydrogen-bond acceptors (Lipinski definition) is 5. The zero-order valence-electron chi connectivity index (χ0n) is 20.4. The molecule has 1 aliphatic heterocycles. The number of fused-ring (bicyclic) bond motifs is 1. The first kappa shape index (κ1) is 24.8. The molecule has 35 heavy (non-hydrogen) atoms. The van der Waals surface area contributed by atoms with E-state index < -0.39 is 0 Å². The maximum absolute atomic E-state index is 13.6.